The number of aliphatic hydroxyl groups excluding tert-OH is 1. The summed E-state index contributed by atoms with van der Waals surface area (Å²) in [5.41, 5.74) is 5.78. The molecule has 0 spiro atoms. The molecule has 0 saturated carbocycles. The Bertz CT molecular complexity index is 324. The molecule has 14 heavy (non-hydrogen) atoms. The van der Waals surface area contributed by atoms with E-state index in [9.17, 15) is 9.50 Å². The lowest BCUT2D eigenvalue weighted by atomic mass is 10.1. The van der Waals surface area contributed by atoms with Gasteiger partial charge >= 0.3 is 0 Å². The van der Waals surface area contributed by atoms with Crippen LogP contribution in [-0.2, 0) is 0 Å². The maximum absolute atomic E-state index is 12.8. The number of phenols is 1. The molecule has 3 nitrogen and oxygen atoms in total. The second-order valence-electron chi connectivity index (χ2n) is 2.59. The molecule has 4 N–H and O–H groups in total. The van der Waals surface area contributed by atoms with E-state index in [0.717, 1.165) is 0 Å². The fraction of sp³-hybridized carbons (Fsp3) is 0.250. The molecular formula is C8H10BrClFNO2. The molecule has 0 aliphatic heterocycles. The van der Waals surface area contributed by atoms with E-state index in [2.05, 4.69) is 15.9 Å². The smallest absolute Gasteiger partial charge is 0.141 e. The van der Waals surface area contributed by atoms with Gasteiger partial charge in [0.1, 0.15) is 11.6 Å². The Balaban J connectivity index is 0.00000169. The molecular weight excluding hydrogens is 276 g/mol. The molecule has 0 amide bonds. The van der Waals surface area contributed by atoms with Crippen LogP contribution in [0, 0.1) is 5.82 Å². The molecule has 0 fully saturated rings. The summed E-state index contributed by atoms with van der Waals surface area (Å²) in [4.78, 5) is 0. The number of rotatable bonds is 2. The minimum atomic E-state index is -0.697. The van der Waals surface area contributed by atoms with Crippen LogP contribution in [0.25, 0.3) is 0 Å². The molecule has 1 rings (SSSR count). The van der Waals surface area contributed by atoms with Gasteiger partial charge in [0.25, 0.3) is 0 Å². The number of benzene rings is 1. The van der Waals surface area contributed by atoms with Crippen LogP contribution in [0.2, 0.25) is 0 Å². The fourth-order valence-electron chi connectivity index (χ4n) is 0.952. The molecule has 0 heterocycles. The van der Waals surface area contributed by atoms with E-state index in [1.165, 1.54) is 12.1 Å². The van der Waals surface area contributed by atoms with Crippen molar-refractivity contribution < 1.29 is 14.6 Å². The summed E-state index contributed by atoms with van der Waals surface area (Å²) < 4.78 is 12.8. The normalized spacial score (nSPS) is 12.0. The van der Waals surface area contributed by atoms with Crippen LogP contribution < -0.4 is 5.73 Å². The van der Waals surface area contributed by atoms with Gasteiger partial charge in [-0.05, 0) is 22.0 Å². The molecule has 0 radical (unpaired) electrons. The molecule has 1 aromatic rings. The monoisotopic (exact) mass is 285 g/mol. The SMILES string of the molecule is Cl.N[C@@H](CO)c1ccc(F)c(Br)c1O. The molecule has 6 heteroatoms. The van der Waals surface area contributed by atoms with E-state index in [1.54, 1.807) is 0 Å². The van der Waals surface area contributed by atoms with Crippen LogP contribution >= 0.6 is 28.3 Å². The van der Waals surface area contributed by atoms with Crippen molar-refractivity contribution in [2.24, 2.45) is 5.73 Å². The highest BCUT2D eigenvalue weighted by Crippen LogP contribution is 2.32. The van der Waals surface area contributed by atoms with Crippen LogP contribution in [0.5, 0.6) is 5.75 Å². The third-order valence-electron chi connectivity index (χ3n) is 1.70. The summed E-state index contributed by atoms with van der Waals surface area (Å²) in [6.07, 6.45) is 0. The van der Waals surface area contributed by atoms with Crippen molar-refractivity contribution in [3.63, 3.8) is 0 Å². The third-order valence-corrected chi connectivity index (χ3v) is 2.45. The van der Waals surface area contributed by atoms with Crippen molar-refractivity contribution in [3.05, 3.63) is 28.0 Å². The van der Waals surface area contributed by atoms with Crippen LogP contribution in [0.4, 0.5) is 4.39 Å². The number of hydrogen-bond donors (Lipinski definition) is 3. The van der Waals surface area contributed by atoms with E-state index >= 15 is 0 Å². The standard InChI is InChI=1S/C8H9BrFNO2.ClH/c9-7-5(10)2-1-4(8(7)13)6(11)3-12;/h1-2,6,12-13H,3,11H2;1H/t6-;/m0./s1. The first kappa shape index (κ1) is 13.6. The zero-order valence-corrected chi connectivity index (χ0v) is 9.48. The lowest BCUT2D eigenvalue weighted by molar-refractivity contribution is 0.265. The van der Waals surface area contributed by atoms with E-state index in [1.807, 2.05) is 0 Å². The molecule has 0 aliphatic rings. The predicted molar refractivity (Wildman–Crippen MR) is 57.0 cm³/mol. The second-order valence-corrected chi connectivity index (χ2v) is 3.38. The number of halogens is 3. The van der Waals surface area contributed by atoms with Gasteiger partial charge in [0.15, 0.2) is 0 Å². The van der Waals surface area contributed by atoms with Gasteiger partial charge in [0.05, 0.1) is 17.1 Å². The van der Waals surface area contributed by atoms with Gasteiger partial charge in [-0.1, -0.05) is 6.07 Å². The number of aliphatic hydroxyl groups is 1. The average Bonchev–Trinajstić information content (AvgIpc) is 2.13. The Labute approximate surface area is 95.3 Å². The molecule has 0 saturated heterocycles. The van der Waals surface area contributed by atoms with Crippen molar-refractivity contribution >= 4 is 28.3 Å². The number of phenolic OH excluding ortho intramolecular Hbond substituents is 1. The largest absolute Gasteiger partial charge is 0.506 e. The molecule has 0 aliphatic carbocycles. The van der Waals surface area contributed by atoms with Gasteiger partial charge < -0.3 is 15.9 Å². The van der Waals surface area contributed by atoms with Gasteiger partial charge in [0.2, 0.25) is 0 Å². The summed E-state index contributed by atoms with van der Waals surface area (Å²) in [5, 5.41) is 18.1. The van der Waals surface area contributed by atoms with E-state index in [4.69, 9.17) is 10.8 Å². The molecule has 1 aromatic carbocycles. The zero-order valence-electron chi connectivity index (χ0n) is 7.08. The first-order chi connectivity index (χ1) is 6.07. The second kappa shape index (κ2) is 5.50. The van der Waals surface area contributed by atoms with E-state index in [0.29, 0.717) is 5.56 Å². The Kier molecular flexibility index (Phi) is 5.36. The molecule has 0 unspecified atom stereocenters. The highest BCUT2D eigenvalue weighted by molar-refractivity contribution is 9.10. The van der Waals surface area contributed by atoms with Crippen molar-refractivity contribution in [2.75, 3.05) is 6.61 Å². The summed E-state index contributed by atoms with van der Waals surface area (Å²) in [7, 11) is 0. The number of nitrogens with two attached hydrogens (primary N) is 1. The van der Waals surface area contributed by atoms with Crippen molar-refractivity contribution in [2.45, 2.75) is 6.04 Å². The van der Waals surface area contributed by atoms with Crippen molar-refractivity contribution in [1.29, 1.82) is 0 Å². The number of hydrogen-bond acceptors (Lipinski definition) is 3. The number of aromatic hydroxyl groups is 1. The predicted octanol–water partition coefficient (Wildman–Crippen LogP) is 1.71. The Morgan fingerprint density at radius 2 is 2.07 bits per heavy atom. The summed E-state index contributed by atoms with van der Waals surface area (Å²) in [5.74, 6) is -0.826. The quantitative estimate of drug-likeness (QED) is 0.775. The molecule has 0 aromatic heterocycles. The first-order valence-corrected chi connectivity index (χ1v) is 4.40. The third kappa shape index (κ3) is 2.57. The highest BCUT2D eigenvalue weighted by atomic mass is 79.9. The van der Waals surface area contributed by atoms with Gasteiger partial charge in [-0.15, -0.1) is 12.4 Å². The van der Waals surface area contributed by atoms with E-state index < -0.39 is 11.9 Å². The summed E-state index contributed by atoms with van der Waals surface area (Å²) in [6, 6.07) is 1.82. The minimum Gasteiger partial charge on any atom is -0.506 e. The first-order valence-electron chi connectivity index (χ1n) is 3.61. The molecule has 80 valence electrons. The van der Waals surface area contributed by atoms with Crippen LogP contribution in [-0.4, -0.2) is 16.8 Å². The lowest BCUT2D eigenvalue weighted by Gasteiger charge is -2.11. The Morgan fingerprint density at radius 3 is 2.57 bits per heavy atom. The van der Waals surface area contributed by atoms with Crippen molar-refractivity contribution in [3.8, 4) is 5.75 Å². The lowest BCUT2D eigenvalue weighted by Crippen LogP contribution is -2.14. The maximum Gasteiger partial charge on any atom is 0.141 e. The molecule has 0 bridgehead atoms. The Hall–Kier alpha value is -0.360. The van der Waals surface area contributed by atoms with Crippen LogP contribution in [0.3, 0.4) is 0 Å². The summed E-state index contributed by atoms with van der Waals surface area (Å²) >= 11 is 2.87. The summed E-state index contributed by atoms with van der Waals surface area (Å²) in [6.45, 7) is -0.300. The average molecular weight is 287 g/mol. The van der Waals surface area contributed by atoms with Gasteiger partial charge in [-0.3, -0.25) is 0 Å². The zero-order chi connectivity index (χ0) is 10.0. The highest BCUT2D eigenvalue weighted by Gasteiger charge is 2.14. The Morgan fingerprint density at radius 1 is 1.50 bits per heavy atom. The fourth-order valence-corrected chi connectivity index (χ4v) is 1.31. The molecule has 1 atom stereocenters. The van der Waals surface area contributed by atoms with Gasteiger partial charge in [-0.2, -0.15) is 0 Å². The van der Waals surface area contributed by atoms with Gasteiger partial charge in [-0.25, -0.2) is 4.39 Å². The topological polar surface area (TPSA) is 66.5 Å². The van der Waals surface area contributed by atoms with Crippen LogP contribution in [0.1, 0.15) is 11.6 Å². The van der Waals surface area contributed by atoms with E-state index in [-0.39, 0.29) is 29.2 Å². The minimum absolute atomic E-state index is 0. The van der Waals surface area contributed by atoms with Crippen molar-refractivity contribution in [1.82, 2.24) is 0 Å². The maximum atomic E-state index is 12.8. The van der Waals surface area contributed by atoms with Crippen LogP contribution in [0.15, 0.2) is 16.6 Å². The van der Waals surface area contributed by atoms with Gasteiger partial charge in [0, 0.05) is 5.56 Å².